The predicted octanol–water partition coefficient (Wildman–Crippen LogP) is 3.01. The minimum Gasteiger partial charge on any atom is -0.312 e. The van der Waals surface area contributed by atoms with Gasteiger partial charge in [0.2, 0.25) is 0 Å². The Morgan fingerprint density at radius 1 is 1.31 bits per heavy atom. The monoisotopic (exact) mass is 232 g/mol. The molecule has 0 saturated carbocycles. The average molecular weight is 232 g/mol. The first-order valence-corrected chi connectivity index (χ1v) is 5.74. The summed E-state index contributed by atoms with van der Waals surface area (Å²) in [6, 6.07) is 9.37. The molecule has 3 nitrogen and oxygen atoms in total. The lowest BCUT2D eigenvalue weighted by Crippen LogP contribution is -2.10. The molecule has 0 fully saturated rings. The van der Waals surface area contributed by atoms with Gasteiger partial charge < -0.3 is 5.32 Å². The largest absolute Gasteiger partial charge is 0.312 e. The normalized spacial score (nSPS) is 10.1. The van der Waals surface area contributed by atoms with Gasteiger partial charge in [-0.05, 0) is 43.6 Å². The van der Waals surface area contributed by atoms with Crippen LogP contribution in [0.1, 0.15) is 21.6 Å². The van der Waals surface area contributed by atoms with Crippen molar-refractivity contribution in [3.05, 3.63) is 47.2 Å². The van der Waals surface area contributed by atoms with Gasteiger partial charge in [0, 0.05) is 5.56 Å². The third-order valence-corrected chi connectivity index (χ3v) is 2.94. The molecule has 4 heteroatoms. The third-order valence-electron chi connectivity index (χ3n) is 2.14. The Morgan fingerprint density at radius 3 is 2.75 bits per heavy atom. The molecule has 0 aliphatic rings. The molecule has 16 heavy (non-hydrogen) atoms. The minimum absolute atomic E-state index is 0.0904. The van der Waals surface area contributed by atoms with Gasteiger partial charge in [-0.2, -0.15) is 4.37 Å². The molecule has 2 rings (SSSR count). The fourth-order valence-electron chi connectivity index (χ4n) is 1.39. The summed E-state index contributed by atoms with van der Waals surface area (Å²) in [5, 5.41) is 3.60. The second kappa shape index (κ2) is 4.45. The molecule has 0 atom stereocenters. The molecule has 1 N–H and O–H groups in total. The van der Waals surface area contributed by atoms with E-state index in [2.05, 4.69) is 9.69 Å². The minimum atomic E-state index is -0.0904. The number of amides is 1. The Hall–Kier alpha value is -1.68. The summed E-state index contributed by atoms with van der Waals surface area (Å²) < 4.78 is 4.11. The van der Waals surface area contributed by atoms with Crippen LogP contribution in [0.25, 0.3) is 0 Å². The number of hydrogen-bond donors (Lipinski definition) is 1. The lowest BCUT2D eigenvalue weighted by molar-refractivity contribution is 0.102. The van der Waals surface area contributed by atoms with Gasteiger partial charge >= 0.3 is 0 Å². The van der Waals surface area contributed by atoms with Crippen molar-refractivity contribution in [3.63, 3.8) is 0 Å². The predicted molar refractivity (Wildman–Crippen MR) is 66.0 cm³/mol. The van der Waals surface area contributed by atoms with Crippen LogP contribution in [0.5, 0.6) is 0 Å². The van der Waals surface area contributed by atoms with Crippen molar-refractivity contribution in [1.29, 1.82) is 0 Å². The maximum atomic E-state index is 11.8. The molecule has 82 valence electrons. The SMILES string of the molecule is Cc1cccc(C(=O)Nc2cc(C)ns2)c1. The fourth-order valence-corrected chi connectivity index (χ4v) is 2.05. The first kappa shape index (κ1) is 10.8. The van der Waals surface area contributed by atoms with Crippen LogP contribution in [0.4, 0.5) is 5.00 Å². The summed E-state index contributed by atoms with van der Waals surface area (Å²) in [6.07, 6.45) is 0. The Kier molecular flexibility index (Phi) is 3.01. The number of rotatable bonds is 2. The van der Waals surface area contributed by atoms with E-state index >= 15 is 0 Å². The Bertz CT molecular complexity index is 519. The van der Waals surface area contributed by atoms with Crippen molar-refractivity contribution in [1.82, 2.24) is 4.37 Å². The standard InChI is InChI=1S/C12H12N2OS/c1-8-4-3-5-10(6-8)12(15)13-11-7-9(2)14-16-11/h3-7H,1-2H3,(H,13,15). The quantitative estimate of drug-likeness (QED) is 0.864. The van der Waals surface area contributed by atoms with Crippen molar-refractivity contribution in [2.45, 2.75) is 13.8 Å². The van der Waals surface area contributed by atoms with E-state index in [4.69, 9.17) is 0 Å². The number of carbonyl (C=O) groups excluding carboxylic acids is 1. The zero-order chi connectivity index (χ0) is 11.5. The van der Waals surface area contributed by atoms with E-state index in [1.54, 1.807) is 6.07 Å². The molecular formula is C12H12N2OS. The number of aryl methyl sites for hydroxylation is 2. The number of hydrogen-bond acceptors (Lipinski definition) is 3. The Morgan fingerprint density at radius 2 is 2.12 bits per heavy atom. The molecule has 1 aromatic carbocycles. The van der Waals surface area contributed by atoms with Crippen LogP contribution >= 0.6 is 11.5 Å². The molecule has 0 aliphatic heterocycles. The van der Waals surface area contributed by atoms with Crippen molar-refractivity contribution in [2.75, 3.05) is 5.32 Å². The summed E-state index contributed by atoms with van der Waals surface area (Å²) >= 11 is 1.29. The highest BCUT2D eigenvalue weighted by atomic mass is 32.1. The van der Waals surface area contributed by atoms with Crippen molar-refractivity contribution in [3.8, 4) is 0 Å². The van der Waals surface area contributed by atoms with Crippen LogP contribution in [-0.4, -0.2) is 10.3 Å². The smallest absolute Gasteiger partial charge is 0.256 e. The number of benzene rings is 1. The lowest BCUT2D eigenvalue weighted by atomic mass is 10.1. The van der Waals surface area contributed by atoms with E-state index < -0.39 is 0 Å². The molecule has 1 aromatic heterocycles. The highest BCUT2D eigenvalue weighted by Gasteiger charge is 2.07. The summed E-state index contributed by atoms with van der Waals surface area (Å²) in [5.41, 5.74) is 2.67. The van der Waals surface area contributed by atoms with E-state index in [9.17, 15) is 4.79 Å². The molecule has 0 spiro atoms. The first-order valence-electron chi connectivity index (χ1n) is 4.96. The van der Waals surface area contributed by atoms with E-state index in [0.29, 0.717) is 5.56 Å². The maximum Gasteiger partial charge on any atom is 0.256 e. The van der Waals surface area contributed by atoms with Gasteiger partial charge in [0.25, 0.3) is 5.91 Å². The van der Waals surface area contributed by atoms with Crippen LogP contribution < -0.4 is 5.32 Å². The number of carbonyl (C=O) groups is 1. The van der Waals surface area contributed by atoms with Crippen LogP contribution in [0.3, 0.4) is 0 Å². The van der Waals surface area contributed by atoms with E-state index in [0.717, 1.165) is 16.3 Å². The molecule has 0 radical (unpaired) electrons. The second-order valence-electron chi connectivity index (χ2n) is 3.66. The van der Waals surface area contributed by atoms with E-state index in [-0.39, 0.29) is 5.91 Å². The fraction of sp³-hybridized carbons (Fsp3) is 0.167. The topological polar surface area (TPSA) is 42.0 Å². The molecule has 2 aromatic rings. The van der Waals surface area contributed by atoms with Gasteiger partial charge in [0.15, 0.2) is 0 Å². The zero-order valence-electron chi connectivity index (χ0n) is 9.15. The number of nitrogens with one attached hydrogen (secondary N) is 1. The summed E-state index contributed by atoms with van der Waals surface area (Å²) in [4.78, 5) is 11.8. The van der Waals surface area contributed by atoms with Gasteiger partial charge in [0.05, 0.1) is 5.69 Å². The number of aromatic nitrogens is 1. The Labute approximate surface area is 98.3 Å². The molecule has 0 bridgehead atoms. The van der Waals surface area contributed by atoms with Crippen LogP contribution in [-0.2, 0) is 0 Å². The van der Waals surface area contributed by atoms with Gasteiger partial charge in [-0.15, -0.1) is 0 Å². The zero-order valence-corrected chi connectivity index (χ0v) is 9.97. The van der Waals surface area contributed by atoms with Crippen molar-refractivity contribution >= 4 is 22.4 Å². The number of anilines is 1. The van der Waals surface area contributed by atoms with Crippen molar-refractivity contribution < 1.29 is 4.79 Å². The average Bonchev–Trinajstić information content (AvgIpc) is 2.64. The molecule has 0 unspecified atom stereocenters. The van der Waals surface area contributed by atoms with E-state index in [1.807, 2.05) is 38.1 Å². The van der Waals surface area contributed by atoms with Gasteiger partial charge in [-0.25, -0.2) is 0 Å². The van der Waals surface area contributed by atoms with Gasteiger partial charge in [-0.1, -0.05) is 17.7 Å². The molecule has 0 aliphatic carbocycles. The van der Waals surface area contributed by atoms with Gasteiger partial charge in [-0.3, -0.25) is 4.79 Å². The third kappa shape index (κ3) is 2.46. The van der Waals surface area contributed by atoms with Crippen LogP contribution in [0.15, 0.2) is 30.3 Å². The van der Waals surface area contributed by atoms with Crippen molar-refractivity contribution in [2.24, 2.45) is 0 Å². The maximum absolute atomic E-state index is 11.8. The molecule has 0 saturated heterocycles. The second-order valence-corrected chi connectivity index (χ2v) is 4.46. The summed E-state index contributed by atoms with van der Waals surface area (Å²) in [5.74, 6) is -0.0904. The summed E-state index contributed by atoms with van der Waals surface area (Å²) in [7, 11) is 0. The number of nitrogens with zero attached hydrogens (tertiary/aromatic N) is 1. The summed E-state index contributed by atoms with van der Waals surface area (Å²) in [6.45, 7) is 3.87. The van der Waals surface area contributed by atoms with Gasteiger partial charge in [0.1, 0.15) is 5.00 Å². The molecule has 1 amide bonds. The molecule has 1 heterocycles. The Balaban J connectivity index is 2.14. The first-order chi connectivity index (χ1) is 7.65. The molecular weight excluding hydrogens is 220 g/mol. The lowest BCUT2D eigenvalue weighted by Gasteiger charge is -2.02. The van der Waals surface area contributed by atoms with E-state index in [1.165, 1.54) is 11.5 Å². The highest BCUT2D eigenvalue weighted by molar-refractivity contribution is 7.10. The highest BCUT2D eigenvalue weighted by Crippen LogP contribution is 2.16. The van der Waals surface area contributed by atoms with Crippen LogP contribution in [0, 0.1) is 13.8 Å². The van der Waals surface area contributed by atoms with Crippen LogP contribution in [0.2, 0.25) is 0 Å².